The highest BCUT2D eigenvalue weighted by Crippen LogP contribution is 2.46. The molecule has 1 atom stereocenters. The lowest BCUT2D eigenvalue weighted by atomic mass is 9.77. The molecule has 2 aliphatic rings. The molecule has 7 nitrogen and oxygen atoms in total. The summed E-state index contributed by atoms with van der Waals surface area (Å²) in [5.74, 6) is -0.920. The summed E-state index contributed by atoms with van der Waals surface area (Å²) in [5.41, 5.74) is 0.219. The van der Waals surface area contributed by atoms with E-state index in [0.29, 0.717) is 12.1 Å². The Hall–Kier alpha value is -1.76. The van der Waals surface area contributed by atoms with Crippen molar-refractivity contribution < 1.29 is 24.3 Å². The Bertz CT molecular complexity index is 456. The average Bonchev–Trinajstić information content (AvgIpc) is 2.77. The van der Waals surface area contributed by atoms with Crippen LogP contribution >= 0.6 is 0 Å². The molecule has 1 aliphatic heterocycles. The van der Waals surface area contributed by atoms with Crippen LogP contribution < -0.4 is 5.32 Å². The third-order valence-electron chi connectivity index (χ3n) is 4.04. The second kappa shape index (κ2) is 5.93. The van der Waals surface area contributed by atoms with E-state index in [2.05, 4.69) is 10.1 Å². The summed E-state index contributed by atoms with van der Waals surface area (Å²) in [4.78, 5) is 28.6. The van der Waals surface area contributed by atoms with Crippen LogP contribution in [-0.2, 0) is 14.4 Å². The number of nitrogens with one attached hydrogen (secondary N) is 1. The largest absolute Gasteiger partial charge is 0.480 e. The maximum atomic E-state index is 11.4. The van der Waals surface area contributed by atoms with Crippen LogP contribution in [0.4, 0.5) is 4.79 Å². The van der Waals surface area contributed by atoms with Gasteiger partial charge in [-0.05, 0) is 25.2 Å². The monoisotopic (exact) mass is 298 g/mol. The summed E-state index contributed by atoms with van der Waals surface area (Å²) in [6, 6.07) is -0.724. The minimum atomic E-state index is -0.920. The maximum Gasteiger partial charge on any atom is 0.411 e. The minimum Gasteiger partial charge on any atom is -0.480 e. The predicted molar refractivity (Wildman–Crippen MR) is 74.0 cm³/mol. The minimum absolute atomic E-state index is 0.0000791. The zero-order valence-electron chi connectivity index (χ0n) is 12.6. The molecule has 7 heteroatoms. The summed E-state index contributed by atoms with van der Waals surface area (Å²) in [7, 11) is 1.28. The molecule has 1 aliphatic carbocycles. The molecular weight excluding hydrogens is 276 g/mol. The topological polar surface area (TPSA) is 88.1 Å². The standard InChI is InChI=1S/C14H22N2O5/c1-9(2)10(15-13(19)20-3)8-16-11(12(17)18)7-14(21-16)5-4-6-14/h8-9,11H,4-7H2,1-3H3,(H,15,19)(H,17,18). The first-order chi connectivity index (χ1) is 9.87. The highest BCUT2D eigenvalue weighted by atomic mass is 16.7. The van der Waals surface area contributed by atoms with Gasteiger partial charge in [-0.1, -0.05) is 13.8 Å². The summed E-state index contributed by atoms with van der Waals surface area (Å²) in [6.07, 6.45) is 4.27. The Morgan fingerprint density at radius 2 is 2.14 bits per heavy atom. The van der Waals surface area contributed by atoms with E-state index in [-0.39, 0.29) is 11.5 Å². The fourth-order valence-electron chi connectivity index (χ4n) is 2.58. The van der Waals surface area contributed by atoms with E-state index in [1.165, 1.54) is 12.2 Å². The van der Waals surface area contributed by atoms with E-state index in [1.807, 2.05) is 13.8 Å². The molecule has 21 heavy (non-hydrogen) atoms. The number of amides is 1. The zero-order chi connectivity index (χ0) is 15.6. The van der Waals surface area contributed by atoms with Gasteiger partial charge in [-0.2, -0.15) is 0 Å². The number of allylic oxidation sites excluding steroid dienone is 1. The molecule has 0 bridgehead atoms. The van der Waals surface area contributed by atoms with Gasteiger partial charge >= 0.3 is 12.1 Å². The lowest BCUT2D eigenvalue weighted by Crippen LogP contribution is -2.37. The molecule has 2 rings (SSSR count). The molecule has 1 amide bonds. The second-order valence-electron chi connectivity index (χ2n) is 5.90. The molecule has 0 aromatic carbocycles. The van der Waals surface area contributed by atoms with Crippen LogP contribution in [-0.4, -0.2) is 41.0 Å². The number of methoxy groups -OCH3 is 1. The number of hydroxylamine groups is 2. The molecule has 1 unspecified atom stereocenters. The number of carboxylic acids is 1. The Kier molecular flexibility index (Phi) is 4.41. The van der Waals surface area contributed by atoms with Crippen molar-refractivity contribution in [3.63, 3.8) is 0 Å². The van der Waals surface area contributed by atoms with Crippen molar-refractivity contribution in [1.29, 1.82) is 0 Å². The van der Waals surface area contributed by atoms with Crippen LogP contribution in [0.1, 0.15) is 39.5 Å². The fourth-order valence-corrected chi connectivity index (χ4v) is 2.58. The van der Waals surface area contributed by atoms with Gasteiger partial charge in [0.15, 0.2) is 6.04 Å². The number of alkyl carbamates (subject to hydrolysis) is 1. The van der Waals surface area contributed by atoms with Gasteiger partial charge in [-0.25, -0.2) is 14.7 Å². The molecule has 1 heterocycles. The second-order valence-corrected chi connectivity index (χ2v) is 5.90. The Balaban J connectivity index is 2.17. The first kappa shape index (κ1) is 15.6. The van der Waals surface area contributed by atoms with Crippen LogP contribution in [0.25, 0.3) is 0 Å². The van der Waals surface area contributed by atoms with Gasteiger partial charge in [0.25, 0.3) is 0 Å². The third kappa shape index (κ3) is 3.29. The number of aliphatic carboxylic acids is 1. The molecular formula is C14H22N2O5. The molecule has 118 valence electrons. The van der Waals surface area contributed by atoms with Crippen LogP contribution in [0, 0.1) is 5.92 Å². The lowest BCUT2D eigenvalue weighted by Gasteiger charge is -2.36. The molecule has 1 spiro atoms. The highest BCUT2D eigenvalue weighted by molar-refractivity contribution is 5.74. The summed E-state index contributed by atoms with van der Waals surface area (Å²) in [5, 5.41) is 13.3. The Morgan fingerprint density at radius 3 is 2.57 bits per heavy atom. The van der Waals surface area contributed by atoms with Crippen molar-refractivity contribution in [1.82, 2.24) is 10.4 Å². The summed E-state index contributed by atoms with van der Waals surface area (Å²) in [6.45, 7) is 3.79. The van der Waals surface area contributed by atoms with Gasteiger partial charge < -0.3 is 9.84 Å². The van der Waals surface area contributed by atoms with Crippen molar-refractivity contribution in [2.75, 3.05) is 7.11 Å². The number of nitrogens with zero attached hydrogens (tertiary/aromatic N) is 1. The van der Waals surface area contributed by atoms with Gasteiger partial charge in [-0.3, -0.25) is 10.2 Å². The van der Waals surface area contributed by atoms with E-state index in [9.17, 15) is 14.7 Å². The van der Waals surface area contributed by atoms with Crippen LogP contribution in [0.2, 0.25) is 0 Å². The molecule has 2 N–H and O–H groups in total. The number of carbonyl (C=O) groups excluding carboxylic acids is 1. The molecule has 2 fully saturated rings. The van der Waals surface area contributed by atoms with E-state index in [4.69, 9.17) is 4.84 Å². The Labute approximate surface area is 123 Å². The van der Waals surface area contributed by atoms with Gasteiger partial charge in [0.1, 0.15) is 0 Å². The van der Waals surface area contributed by atoms with Crippen molar-refractivity contribution >= 4 is 12.1 Å². The molecule has 0 aromatic heterocycles. The number of carboxylic acid groups (broad SMARTS) is 1. The van der Waals surface area contributed by atoms with Gasteiger partial charge in [0, 0.05) is 18.3 Å². The fraction of sp³-hybridized carbons (Fsp3) is 0.714. The zero-order valence-corrected chi connectivity index (χ0v) is 12.6. The predicted octanol–water partition coefficient (Wildman–Crippen LogP) is 1.85. The first-order valence-corrected chi connectivity index (χ1v) is 7.14. The molecule has 0 aromatic rings. The molecule has 1 saturated carbocycles. The van der Waals surface area contributed by atoms with Crippen molar-refractivity contribution in [2.45, 2.75) is 51.2 Å². The smallest absolute Gasteiger partial charge is 0.411 e. The van der Waals surface area contributed by atoms with Crippen LogP contribution in [0.3, 0.4) is 0 Å². The number of carbonyl (C=O) groups is 2. The quantitative estimate of drug-likeness (QED) is 0.823. The third-order valence-corrected chi connectivity index (χ3v) is 4.04. The average molecular weight is 298 g/mol. The van der Waals surface area contributed by atoms with Crippen LogP contribution in [0.15, 0.2) is 11.9 Å². The SMILES string of the molecule is COC(=O)NC(=CN1OC2(CCC2)CC1C(=O)O)C(C)C. The normalized spacial score (nSPS) is 24.1. The molecule has 0 radical (unpaired) electrons. The van der Waals surface area contributed by atoms with Crippen LogP contribution in [0.5, 0.6) is 0 Å². The van der Waals surface area contributed by atoms with E-state index < -0.39 is 18.1 Å². The van der Waals surface area contributed by atoms with Crippen molar-refractivity contribution in [2.24, 2.45) is 5.92 Å². The van der Waals surface area contributed by atoms with E-state index in [0.717, 1.165) is 19.3 Å². The van der Waals surface area contributed by atoms with Gasteiger partial charge in [-0.15, -0.1) is 0 Å². The van der Waals surface area contributed by atoms with Gasteiger partial charge in [0.05, 0.1) is 12.7 Å². The van der Waals surface area contributed by atoms with Gasteiger partial charge in [0.2, 0.25) is 0 Å². The van der Waals surface area contributed by atoms with E-state index in [1.54, 1.807) is 6.20 Å². The highest BCUT2D eigenvalue weighted by Gasteiger charge is 2.51. The Morgan fingerprint density at radius 1 is 1.48 bits per heavy atom. The van der Waals surface area contributed by atoms with E-state index >= 15 is 0 Å². The maximum absolute atomic E-state index is 11.4. The number of hydrogen-bond donors (Lipinski definition) is 2. The van der Waals surface area contributed by atoms with Crippen molar-refractivity contribution in [3.8, 4) is 0 Å². The number of hydrogen-bond acceptors (Lipinski definition) is 5. The summed E-state index contributed by atoms with van der Waals surface area (Å²) < 4.78 is 4.58. The number of rotatable bonds is 4. The number of ether oxygens (including phenoxy) is 1. The first-order valence-electron chi connectivity index (χ1n) is 7.14. The lowest BCUT2D eigenvalue weighted by molar-refractivity contribution is -0.205. The summed E-state index contributed by atoms with van der Waals surface area (Å²) >= 11 is 0. The molecule has 1 saturated heterocycles. The van der Waals surface area contributed by atoms with Crippen molar-refractivity contribution in [3.05, 3.63) is 11.9 Å².